The number of aromatic nitrogens is 2. The predicted molar refractivity (Wildman–Crippen MR) is 89.5 cm³/mol. The lowest BCUT2D eigenvalue weighted by molar-refractivity contribution is -0.384. The van der Waals surface area contributed by atoms with Gasteiger partial charge in [-0.25, -0.2) is 0 Å². The Morgan fingerprint density at radius 1 is 1.36 bits per heavy atom. The summed E-state index contributed by atoms with van der Waals surface area (Å²) in [5, 5.41) is 21.2. The van der Waals surface area contributed by atoms with E-state index in [1.165, 1.54) is 24.5 Å². The number of amides is 1. The lowest BCUT2D eigenvalue weighted by Gasteiger charge is -2.04. The normalized spacial score (nSPS) is 10.6. The molecule has 9 nitrogen and oxygen atoms in total. The second-order valence-corrected chi connectivity index (χ2v) is 5.94. The standard InChI is InChI=1S/C14H9ClN4O5S/c15-9-4-3-8(6-10(9)19(21)22)16-12(20)7-25-14-18-17-13(24-14)11-2-1-5-23-11/h1-6H,7H2,(H,16,20). The number of nitrogens with one attached hydrogen (secondary N) is 1. The van der Waals surface area contributed by atoms with E-state index in [9.17, 15) is 14.9 Å². The first kappa shape index (κ1) is 17.0. The predicted octanol–water partition coefficient (Wildman–Crippen LogP) is 3.62. The van der Waals surface area contributed by atoms with Crippen molar-refractivity contribution in [2.24, 2.45) is 0 Å². The molecule has 1 amide bonds. The van der Waals surface area contributed by atoms with Crippen molar-refractivity contribution in [3.05, 3.63) is 51.7 Å². The Balaban J connectivity index is 1.58. The van der Waals surface area contributed by atoms with Crippen molar-refractivity contribution in [2.45, 2.75) is 5.22 Å². The minimum Gasteiger partial charge on any atom is -0.459 e. The Morgan fingerprint density at radius 3 is 2.92 bits per heavy atom. The van der Waals surface area contributed by atoms with Crippen LogP contribution in [0.1, 0.15) is 0 Å². The van der Waals surface area contributed by atoms with Crippen LogP contribution in [0.5, 0.6) is 0 Å². The second kappa shape index (κ2) is 7.36. The Labute approximate surface area is 149 Å². The van der Waals surface area contributed by atoms with Gasteiger partial charge < -0.3 is 14.2 Å². The van der Waals surface area contributed by atoms with Crippen LogP contribution in [0, 0.1) is 10.1 Å². The summed E-state index contributed by atoms with van der Waals surface area (Å²) in [4.78, 5) is 22.2. The van der Waals surface area contributed by atoms with Gasteiger partial charge in [0.1, 0.15) is 5.02 Å². The van der Waals surface area contributed by atoms with Crippen molar-refractivity contribution in [1.82, 2.24) is 10.2 Å². The number of thioether (sulfide) groups is 1. The fourth-order valence-corrected chi connectivity index (χ4v) is 2.57. The van der Waals surface area contributed by atoms with Gasteiger partial charge in [-0.3, -0.25) is 14.9 Å². The van der Waals surface area contributed by atoms with Gasteiger partial charge in [-0.2, -0.15) is 0 Å². The van der Waals surface area contributed by atoms with Crippen LogP contribution < -0.4 is 5.32 Å². The number of rotatable bonds is 6. The number of hydrogen-bond donors (Lipinski definition) is 1. The van der Waals surface area contributed by atoms with Crippen molar-refractivity contribution >= 4 is 40.6 Å². The minimum absolute atomic E-state index is 0.00584. The summed E-state index contributed by atoms with van der Waals surface area (Å²) in [7, 11) is 0. The fraction of sp³-hybridized carbons (Fsp3) is 0.0714. The molecule has 1 aromatic carbocycles. The first-order chi connectivity index (χ1) is 12.0. The first-order valence-corrected chi connectivity index (χ1v) is 8.13. The number of hydrogen-bond acceptors (Lipinski definition) is 8. The van der Waals surface area contributed by atoms with E-state index >= 15 is 0 Å². The lowest BCUT2D eigenvalue weighted by atomic mass is 10.3. The van der Waals surface area contributed by atoms with E-state index in [0.29, 0.717) is 5.76 Å². The summed E-state index contributed by atoms with van der Waals surface area (Å²) >= 11 is 6.75. The fourth-order valence-electron chi connectivity index (χ4n) is 1.82. The number of nitro benzene ring substituents is 1. The van der Waals surface area contributed by atoms with E-state index in [0.717, 1.165) is 11.8 Å². The Bertz CT molecular complexity index is 912. The summed E-state index contributed by atoms with van der Waals surface area (Å²) in [6.07, 6.45) is 1.48. The third kappa shape index (κ3) is 4.17. The van der Waals surface area contributed by atoms with Gasteiger partial charge in [-0.05, 0) is 24.3 Å². The maximum atomic E-state index is 11.9. The molecule has 2 aromatic heterocycles. The van der Waals surface area contributed by atoms with Crippen molar-refractivity contribution in [3.8, 4) is 11.7 Å². The number of anilines is 1. The zero-order valence-electron chi connectivity index (χ0n) is 12.3. The molecule has 0 aliphatic heterocycles. The van der Waals surface area contributed by atoms with E-state index in [-0.39, 0.29) is 39.2 Å². The molecule has 1 N–H and O–H groups in total. The molecule has 0 saturated heterocycles. The van der Waals surface area contributed by atoms with Crippen LogP contribution >= 0.6 is 23.4 Å². The van der Waals surface area contributed by atoms with Crippen molar-refractivity contribution < 1.29 is 18.6 Å². The number of benzene rings is 1. The summed E-state index contributed by atoms with van der Waals surface area (Å²) in [5.74, 6) is 0.230. The van der Waals surface area contributed by atoms with Crippen LogP contribution in [0.25, 0.3) is 11.7 Å². The molecule has 0 aliphatic rings. The number of halogens is 1. The summed E-state index contributed by atoms with van der Waals surface area (Å²) in [6.45, 7) is 0. The molecule has 0 bridgehead atoms. The van der Waals surface area contributed by atoms with E-state index in [2.05, 4.69) is 15.5 Å². The molecule has 0 fully saturated rings. The molecule has 0 saturated carbocycles. The van der Waals surface area contributed by atoms with Crippen molar-refractivity contribution in [1.29, 1.82) is 0 Å². The van der Waals surface area contributed by atoms with Crippen LogP contribution in [0.3, 0.4) is 0 Å². The number of nitrogens with zero attached hydrogens (tertiary/aromatic N) is 3. The maximum absolute atomic E-state index is 11.9. The smallest absolute Gasteiger partial charge is 0.289 e. The summed E-state index contributed by atoms with van der Waals surface area (Å²) in [5.41, 5.74) is -0.0179. The zero-order chi connectivity index (χ0) is 17.8. The Morgan fingerprint density at radius 2 is 2.20 bits per heavy atom. The first-order valence-electron chi connectivity index (χ1n) is 6.77. The lowest BCUT2D eigenvalue weighted by Crippen LogP contribution is -2.14. The summed E-state index contributed by atoms with van der Waals surface area (Å²) in [6, 6.07) is 7.36. The van der Waals surface area contributed by atoms with Crippen LogP contribution in [0.4, 0.5) is 11.4 Å². The molecule has 0 unspecified atom stereocenters. The molecule has 3 rings (SSSR count). The van der Waals surface area contributed by atoms with Crippen LogP contribution in [-0.4, -0.2) is 26.8 Å². The highest BCUT2D eigenvalue weighted by Crippen LogP contribution is 2.28. The second-order valence-electron chi connectivity index (χ2n) is 4.61. The monoisotopic (exact) mass is 380 g/mol. The topological polar surface area (TPSA) is 124 Å². The van der Waals surface area contributed by atoms with Crippen LogP contribution in [0.15, 0.2) is 50.7 Å². The quantitative estimate of drug-likeness (QED) is 0.390. The van der Waals surface area contributed by atoms with Crippen molar-refractivity contribution in [2.75, 3.05) is 11.1 Å². The third-order valence-corrected chi connectivity index (χ3v) is 4.03. The SMILES string of the molecule is O=C(CSc1nnc(-c2ccco2)o1)Nc1ccc(Cl)c([N+](=O)[O-])c1. The maximum Gasteiger partial charge on any atom is 0.289 e. The largest absolute Gasteiger partial charge is 0.459 e. The molecule has 11 heteroatoms. The van der Waals surface area contributed by atoms with Gasteiger partial charge in [0.15, 0.2) is 5.76 Å². The third-order valence-electron chi connectivity index (χ3n) is 2.89. The highest BCUT2D eigenvalue weighted by Gasteiger charge is 2.15. The molecule has 3 aromatic rings. The van der Waals surface area contributed by atoms with Gasteiger partial charge in [0.25, 0.3) is 16.8 Å². The molecule has 0 atom stereocenters. The van der Waals surface area contributed by atoms with Gasteiger partial charge in [-0.1, -0.05) is 23.4 Å². The summed E-state index contributed by atoms with van der Waals surface area (Å²) < 4.78 is 10.5. The van der Waals surface area contributed by atoms with E-state index in [1.54, 1.807) is 12.1 Å². The molecule has 128 valence electrons. The number of furan rings is 1. The van der Waals surface area contributed by atoms with E-state index in [1.807, 2.05) is 0 Å². The average Bonchev–Trinajstić information content (AvgIpc) is 3.25. The Kier molecular flexibility index (Phi) is 5.00. The zero-order valence-corrected chi connectivity index (χ0v) is 13.9. The number of carbonyl (C=O) groups is 1. The van der Waals surface area contributed by atoms with Gasteiger partial charge >= 0.3 is 0 Å². The number of nitro groups is 1. The molecular weight excluding hydrogens is 372 g/mol. The molecule has 0 aliphatic carbocycles. The van der Waals surface area contributed by atoms with Gasteiger partial charge in [0.05, 0.1) is 16.9 Å². The highest BCUT2D eigenvalue weighted by molar-refractivity contribution is 7.99. The van der Waals surface area contributed by atoms with Gasteiger partial charge in [0.2, 0.25) is 5.91 Å². The van der Waals surface area contributed by atoms with Crippen molar-refractivity contribution in [3.63, 3.8) is 0 Å². The van der Waals surface area contributed by atoms with Gasteiger partial charge in [0, 0.05) is 11.8 Å². The van der Waals surface area contributed by atoms with Crippen LogP contribution in [-0.2, 0) is 4.79 Å². The molecule has 2 heterocycles. The molecular formula is C14H9ClN4O5S. The highest BCUT2D eigenvalue weighted by atomic mass is 35.5. The molecule has 0 radical (unpaired) electrons. The minimum atomic E-state index is -0.624. The van der Waals surface area contributed by atoms with E-state index < -0.39 is 4.92 Å². The average molecular weight is 381 g/mol. The van der Waals surface area contributed by atoms with Crippen LogP contribution in [0.2, 0.25) is 5.02 Å². The molecule has 25 heavy (non-hydrogen) atoms. The molecule has 0 spiro atoms. The Hall–Kier alpha value is -2.85. The number of carbonyl (C=O) groups excluding carboxylic acids is 1. The van der Waals surface area contributed by atoms with Gasteiger partial charge in [-0.15, -0.1) is 10.2 Å². The van der Waals surface area contributed by atoms with E-state index in [4.69, 9.17) is 20.4 Å².